The van der Waals surface area contributed by atoms with Crippen LogP contribution in [0.3, 0.4) is 0 Å². The van der Waals surface area contributed by atoms with Crippen LogP contribution in [-0.2, 0) is 11.3 Å². The van der Waals surface area contributed by atoms with Crippen molar-refractivity contribution in [1.82, 2.24) is 25.3 Å². The molecule has 2 N–H and O–H groups in total. The van der Waals surface area contributed by atoms with Crippen molar-refractivity contribution in [2.45, 2.75) is 45.3 Å². The summed E-state index contributed by atoms with van der Waals surface area (Å²) >= 11 is 0. The molecule has 0 saturated carbocycles. The van der Waals surface area contributed by atoms with E-state index >= 15 is 0 Å². The van der Waals surface area contributed by atoms with Gasteiger partial charge < -0.3 is 15.5 Å². The van der Waals surface area contributed by atoms with Gasteiger partial charge in [0.2, 0.25) is 5.91 Å². The fraction of sp³-hybridized carbons (Fsp3) is 0.652. The highest BCUT2D eigenvalue weighted by atomic mass is 127. The number of amides is 1. The number of nitrogens with one attached hydrogen (secondary N) is 2. The summed E-state index contributed by atoms with van der Waals surface area (Å²) in [5.41, 5.74) is 1.39. The molecule has 2 aliphatic rings. The number of rotatable bonds is 6. The van der Waals surface area contributed by atoms with Crippen LogP contribution in [0.25, 0.3) is 0 Å². The lowest BCUT2D eigenvalue weighted by Crippen LogP contribution is -2.53. The highest BCUT2D eigenvalue weighted by Crippen LogP contribution is 2.19. The predicted molar refractivity (Wildman–Crippen MR) is 138 cm³/mol. The summed E-state index contributed by atoms with van der Waals surface area (Å²) in [6, 6.07) is 11.7. The first kappa shape index (κ1) is 25.9. The van der Waals surface area contributed by atoms with E-state index in [1.807, 2.05) is 11.9 Å². The number of hydrogen-bond acceptors (Lipinski definition) is 4. The van der Waals surface area contributed by atoms with Gasteiger partial charge in [-0.1, -0.05) is 30.3 Å². The fourth-order valence-corrected chi connectivity index (χ4v) is 4.41. The molecule has 0 spiro atoms. The first-order valence-corrected chi connectivity index (χ1v) is 11.3. The third kappa shape index (κ3) is 8.23. The highest BCUT2D eigenvalue weighted by Gasteiger charge is 2.26. The van der Waals surface area contributed by atoms with E-state index in [4.69, 9.17) is 0 Å². The molecule has 2 unspecified atom stereocenters. The second-order valence-electron chi connectivity index (χ2n) is 8.52. The Labute approximate surface area is 204 Å². The summed E-state index contributed by atoms with van der Waals surface area (Å²) in [5, 5.41) is 7.09. The van der Waals surface area contributed by atoms with Crippen LogP contribution >= 0.6 is 24.0 Å². The van der Waals surface area contributed by atoms with E-state index < -0.39 is 0 Å². The zero-order chi connectivity index (χ0) is 21.3. The highest BCUT2D eigenvalue weighted by molar-refractivity contribution is 14.0. The van der Waals surface area contributed by atoms with Crippen LogP contribution in [0.4, 0.5) is 0 Å². The monoisotopic (exact) mass is 542 g/mol. The molecule has 1 aromatic rings. The van der Waals surface area contributed by atoms with E-state index in [9.17, 15) is 4.79 Å². The molecule has 7 nitrogen and oxygen atoms in total. The average Bonchev–Trinajstić information content (AvgIpc) is 2.76. The maximum absolute atomic E-state index is 11.4. The summed E-state index contributed by atoms with van der Waals surface area (Å²) in [4.78, 5) is 22.8. The van der Waals surface area contributed by atoms with Gasteiger partial charge in [0.15, 0.2) is 5.96 Å². The van der Waals surface area contributed by atoms with Gasteiger partial charge in [-0.3, -0.25) is 19.6 Å². The third-order valence-corrected chi connectivity index (χ3v) is 6.34. The SMILES string of the molecule is CN=C(NCCN1CCN(C(C)=O)CC1)NC1CCN(Cc2ccccc2)C(C)C1.I. The van der Waals surface area contributed by atoms with Gasteiger partial charge >= 0.3 is 0 Å². The number of benzene rings is 1. The maximum atomic E-state index is 11.4. The molecule has 3 rings (SSSR count). The number of nitrogens with zero attached hydrogens (tertiary/aromatic N) is 4. The molecule has 1 aromatic carbocycles. The standard InChI is InChI=1S/C23H38N6O.HI/c1-19-17-22(9-11-29(19)18-21-7-5-4-6-8-21)26-23(24-3)25-10-12-27-13-15-28(16-14-27)20(2)30;/h4-8,19,22H,9-18H2,1-3H3,(H2,24,25,26);1H. The normalized spacial score (nSPS) is 23.2. The first-order valence-electron chi connectivity index (χ1n) is 11.3. The molecule has 8 heteroatoms. The first-order chi connectivity index (χ1) is 14.5. The van der Waals surface area contributed by atoms with E-state index in [1.54, 1.807) is 6.92 Å². The number of guanidine groups is 1. The van der Waals surface area contributed by atoms with Gasteiger partial charge in [0.05, 0.1) is 0 Å². The van der Waals surface area contributed by atoms with Gasteiger partial charge in [0.1, 0.15) is 0 Å². The van der Waals surface area contributed by atoms with Crippen molar-refractivity contribution in [2.24, 2.45) is 4.99 Å². The number of carbonyl (C=O) groups excluding carboxylic acids is 1. The number of likely N-dealkylation sites (tertiary alicyclic amines) is 1. The number of halogens is 1. The third-order valence-electron chi connectivity index (χ3n) is 6.34. The van der Waals surface area contributed by atoms with E-state index in [2.05, 4.69) is 62.7 Å². The molecule has 0 bridgehead atoms. The Morgan fingerprint density at radius 2 is 1.84 bits per heavy atom. The Kier molecular flexibility index (Phi) is 11.0. The van der Waals surface area contributed by atoms with Gasteiger partial charge in [0, 0.05) is 78.4 Å². The van der Waals surface area contributed by atoms with E-state index in [1.165, 1.54) is 5.56 Å². The minimum Gasteiger partial charge on any atom is -0.355 e. The minimum absolute atomic E-state index is 0. The van der Waals surface area contributed by atoms with Gasteiger partial charge in [-0.2, -0.15) is 0 Å². The molecule has 2 aliphatic heterocycles. The summed E-state index contributed by atoms with van der Waals surface area (Å²) in [7, 11) is 1.84. The van der Waals surface area contributed by atoms with Gasteiger partial charge in [-0.05, 0) is 25.3 Å². The number of hydrogen-bond donors (Lipinski definition) is 2. The molecule has 2 fully saturated rings. The summed E-state index contributed by atoms with van der Waals surface area (Å²) in [6.45, 7) is 11.5. The largest absolute Gasteiger partial charge is 0.355 e. The van der Waals surface area contributed by atoms with Crippen LogP contribution in [0.2, 0.25) is 0 Å². The quantitative estimate of drug-likeness (QED) is 0.327. The summed E-state index contributed by atoms with van der Waals surface area (Å²) < 4.78 is 0. The number of aliphatic imine (C=N–C) groups is 1. The second kappa shape index (κ2) is 13.2. The second-order valence-corrected chi connectivity index (χ2v) is 8.52. The van der Waals surface area contributed by atoms with Gasteiger partial charge in [-0.15, -0.1) is 24.0 Å². The van der Waals surface area contributed by atoms with E-state index in [-0.39, 0.29) is 29.9 Å². The fourth-order valence-electron chi connectivity index (χ4n) is 4.41. The van der Waals surface area contributed by atoms with Crippen LogP contribution in [-0.4, -0.2) is 91.5 Å². The molecule has 2 heterocycles. The molecule has 1 amide bonds. The Morgan fingerprint density at radius 3 is 2.45 bits per heavy atom. The van der Waals surface area contributed by atoms with Crippen LogP contribution in [0.5, 0.6) is 0 Å². The topological polar surface area (TPSA) is 63.2 Å². The lowest BCUT2D eigenvalue weighted by Gasteiger charge is -2.38. The molecule has 174 valence electrons. The lowest BCUT2D eigenvalue weighted by atomic mass is 9.97. The minimum atomic E-state index is 0. The van der Waals surface area contributed by atoms with Gasteiger partial charge in [-0.25, -0.2) is 0 Å². The van der Waals surface area contributed by atoms with Crippen molar-refractivity contribution < 1.29 is 4.79 Å². The van der Waals surface area contributed by atoms with E-state index in [0.717, 1.165) is 71.2 Å². The Hall–Kier alpha value is -1.39. The predicted octanol–water partition coefficient (Wildman–Crippen LogP) is 1.99. The molecule has 2 saturated heterocycles. The molecule has 0 aromatic heterocycles. The molecular formula is C23H39IN6O. The smallest absolute Gasteiger partial charge is 0.219 e. The number of carbonyl (C=O) groups is 1. The molecule has 31 heavy (non-hydrogen) atoms. The molecule has 0 aliphatic carbocycles. The molecule has 2 atom stereocenters. The Morgan fingerprint density at radius 1 is 1.13 bits per heavy atom. The number of piperazine rings is 1. The summed E-state index contributed by atoms with van der Waals surface area (Å²) in [6.07, 6.45) is 2.26. The van der Waals surface area contributed by atoms with Crippen molar-refractivity contribution in [3.8, 4) is 0 Å². The van der Waals surface area contributed by atoms with E-state index in [0.29, 0.717) is 12.1 Å². The van der Waals surface area contributed by atoms with Crippen molar-refractivity contribution in [3.05, 3.63) is 35.9 Å². The van der Waals surface area contributed by atoms with Crippen LogP contribution in [0.1, 0.15) is 32.3 Å². The number of piperidine rings is 1. The zero-order valence-electron chi connectivity index (χ0n) is 19.2. The zero-order valence-corrected chi connectivity index (χ0v) is 21.5. The van der Waals surface area contributed by atoms with Crippen LogP contribution < -0.4 is 10.6 Å². The van der Waals surface area contributed by atoms with Crippen molar-refractivity contribution >= 4 is 35.8 Å². The Bertz CT molecular complexity index is 693. The van der Waals surface area contributed by atoms with Crippen LogP contribution in [0.15, 0.2) is 35.3 Å². The maximum Gasteiger partial charge on any atom is 0.219 e. The average molecular weight is 543 g/mol. The lowest BCUT2D eigenvalue weighted by molar-refractivity contribution is -0.130. The summed E-state index contributed by atoms with van der Waals surface area (Å²) in [5.74, 6) is 1.08. The molecular weight excluding hydrogens is 503 g/mol. The van der Waals surface area contributed by atoms with Crippen molar-refractivity contribution in [1.29, 1.82) is 0 Å². The Balaban J connectivity index is 0.00000341. The van der Waals surface area contributed by atoms with Crippen LogP contribution in [0, 0.1) is 0 Å². The van der Waals surface area contributed by atoms with Gasteiger partial charge in [0.25, 0.3) is 0 Å². The van der Waals surface area contributed by atoms with Crippen molar-refractivity contribution in [3.63, 3.8) is 0 Å². The molecule has 0 radical (unpaired) electrons. The van der Waals surface area contributed by atoms with Crippen molar-refractivity contribution in [2.75, 3.05) is 52.9 Å².